The second kappa shape index (κ2) is 5.68. The SMILES string of the molecule is OC(c1ccc(Cl)c(Cl)c1)c1cc(Cl)ccc1Cl. The summed E-state index contributed by atoms with van der Waals surface area (Å²) < 4.78 is 0. The van der Waals surface area contributed by atoms with Crippen molar-refractivity contribution in [3.63, 3.8) is 0 Å². The van der Waals surface area contributed by atoms with E-state index in [-0.39, 0.29) is 0 Å². The average Bonchev–Trinajstić information content (AvgIpc) is 2.35. The molecule has 1 atom stereocenters. The van der Waals surface area contributed by atoms with Crippen LogP contribution >= 0.6 is 46.4 Å². The minimum atomic E-state index is -0.897. The van der Waals surface area contributed by atoms with Gasteiger partial charge in [0.1, 0.15) is 6.10 Å². The number of rotatable bonds is 2. The van der Waals surface area contributed by atoms with Gasteiger partial charge in [-0.15, -0.1) is 0 Å². The summed E-state index contributed by atoms with van der Waals surface area (Å²) >= 11 is 23.7. The number of aliphatic hydroxyl groups is 1. The van der Waals surface area contributed by atoms with Crippen LogP contribution in [0, 0.1) is 0 Å². The van der Waals surface area contributed by atoms with Crippen molar-refractivity contribution < 1.29 is 5.11 Å². The van der Waals surface area contributed by atoms with E-state index in [0.29, 0.717) is 31.2 Å². The second-order valence-corrected chi connectivity index (χ2v) is 5.40. The summed E-state index contributed by atoms with van der Waals surface area (Å²) in [5.74, 6) is 0. The Kier molecular flexibility index (Phi) is 4.41. The molecule has 18 heavy (non-hydrogen) atoms. The lowest BCUT2D eigenvalue weighted by Crippen LogP contribution is -2.00. The van der Waals surface area contributed by atoms with Crippen molar-refractivity contribution in [3.8, 4) is 0 Å². The van der Waals surface area contributed by atoms with Crippen molar-refractivity contribution >= 4 is 46.4 Å². The fourth-order valence-electron chi connectivity index (χ4n) is 1.59. The molecule has 0 saturated heterocycles. The number of hydrogen-bond donors (Lipinski definition) is 1. The van der Waals surface area contributed by atoms with E-state index in [1.165, 1.54) is 0 Å². The number of aliphatic hydroxyl groups excluding tert-OH is 1. The van der Waals surface area contributed by atoms with Crippen LogP contribution in [0.25, 0.3) is 0 Å². The van der Waals surface area contributed by atoms with Gasteiger partial charge >= 0.3 is 0 Å². The van der Waals surface area contributed by atoms with Crippen LogP contribution in [0.3, 0.4) is 0 Å². The number of hydrogen-bond acceptors (Lipinski definition) is 1. The van der Waals surface area contributed by atoms with Crippen molar-refractivity contribution in [2.45, 2.75) is 6.10 Å². The summed E-state index contributed by atoms with van der Waals surface area (Å²) in [6.45, 7) is 0. The molecule has 0 spiro atoms. The van der Waals surface area contributed by atoms with E-state index in [2.05, 4.69) is 0 Å². The minimum Gasteiger partial charge on any atom is -0.384 e. The van der Waals surface area contributed by atoms with Gasteiger partial charge in [-0.1, -0.05) is 52.5 Å². The highest BCUT2D eigenvalue weighted by molar-refractivity contribution is 6.42. The monoisotopic (exact) mass is 320 g/mol. The Bertz CT molecular complexity index is 583. The highest BCUT2D eigenvalue weighted by atomic mass is 35.5. The van der Waals surface area contributed by atoms with E-state index in [0.717, 1.165) is 0 Å². The fourth-order valence-corrected chi connectivity index (χ4v) is 2.29. The molecule has 0 heterocycles. The first kappa shape index (κ1) is 14.0. The molecule has 0 radical (unpaired) electrons. The Labute approximate surface area is 125 Å². The predicted molar refractivity (Wildman–Crippen MR) is 77.0 cm³/mol. The van der Waals surface area contributed by atoms with Gasteiger partial charge in [0, 0.05) is 15.6 Å². The zero-order valence-corrected chi connectivity index (χ0v) is 12.0. The van der Waals surface area contributed by atoms with Crippen LogP contribution in [-0.2, 0) is 0 Å². The van der Waals surface area contributed by atoms with Crippen molar-refractivity contribution in [2.24, 2.45) is 0 Å². The molecular formula is C13H8Cl4O. The second-order valence-electron chi connectivity index (χ2n) is 3.74. The van der Waals surface area contributed by atoms with Gasteiger partial charge in [0.15, 0.2) is 0 Å². The normalized spacial score (nSPS) is 12.5. The van der Waals surface area contributed by atoms with Gasteiger partial charge in [-0.2, -0.15) is 0 Å². The van der Waals surface area contributed by atoms with Gasteiger partial charge in [-0.25, -0.2) is 0 Å². The highest BCUT2D eigenvalue weighted by Crippen LogP contribution is 2.33. The van der Waals surface area contributed by atoms with Crippen molar-refractivity contribution in [3.05, 3.63) is 67.6 Å². The zero-order chi connectivity index (χ0) is 13.3. The van der Waals surface area contributed by atoms with E-state index in [9.17, 15) is 5.11 Å². The fraction of sp³-hybridized carbons (Fsp3) is 0.0769. The first-order valence-corrected chi connectivity index (χ1v) is 6.58. The molecule has 2 aromatic rings. The van der Waals surface area contributed by atoms with Gasteiger partial charge in [0.05, 0.1) is 10.0 Å². The molecular weight excluding hydrogens is 314 g/mol. The summed E-state index contributed by atoms with van der Waals surface area (Å²) in [6, 6.07) is 9.84. The lowest BCUT2D eigenvalue weighted by Gasteiger charge is -2.14. The summed E-state index contributed by atoms with van der Waals surface area (Å²) in [5, 5.41) is 12.0. The standard InChI is InChI=1S/C13H8Cl4O/c14-8-2-4-10(15)9(6-8)13(18)7-1-3-11(16)12(17)5-7/h1-6,13,18H. The lowest BCUT2D eigenvalue weighted by atomic mass is 10.0. The molecule has 0 aromatic heterocycles. The topological polar surface area (TPSA) is 20.2 Å². The zero-order valence-electron chi connectivity index (χ0n) is 9.00. The number of halogens is 4. The maximum absolute atomic E-state index is 10.3. The summed E-state index contributed by atoms with van der Waals surface area (Å²) in [5.41, 5.74) is 1.14. The summed E-state index contributed by atoms with van der Waals surface area (Å²) in [7, 11) is 0. The summed E-state index contributed by atoms with van der Waals surface area (Å²) in [4.78, 5) is 0. The van der Waals surface area contributed by atoms with E-state index < -0.39 is 6.10 Å². The largest absolute Gasteiger partial charge is 0.384 e. The van der Waals surface area contributed by atoms with Gasteiger partial charge in [0.2, 0.25) is 0 Å². The molecule has 0 aliphatic rings. The van der Waals surface area contributed by atoms with Crippen molar-refractivity contribution in [1.29, 1.82) is 0 Å². The third-order valence-electron chi connectivity index (χ3n) is 2.51. The maximum atomic E-state index is 10.3. The molecule has 2 aromatic carbocycles. The molecule has 0 amide bonds. The van der Waals surface area contributed by atoms with E-state index >= 15 is 0 Å². The quantitative estimate of drug-likeness (QED) is 0.787. The first-order valence-electron chi connectivity index (χ1n) is 5.07. The minimum absolute atomic E-state index is 0.381. The van der Waals surface area contributed by atoms with Crippen LogP contribution in [0.1, 0.15) is 17.2 Å². The Balaban J connectivity index is 2.44. The maximum Gasteiger partial charge on any atom is 0.106 e. The third kappa shape index (κ3) is 2.93. The highest BCUT2D eigenvalue weighted by Gasteiger charge is 2.15. The Morgan fingerprint density at radius 3 is 2.11 bits per heavy atom. The first-order chi connectivity index (χ1) is 8.49. The number of benzene rings is 2. The van der Waals surface area contributed by atoms with Crippen molar-refractivity contribution in [2.75, 3.05) is 0 Å². The Hall–Kier alpha value is -0.440. The van der Waals surface area contributed by atoms with Crippen LogP contribution in [0.2, 0.25) is 20.1 Å². The van der Waals surface area contributed by atoms with Crippen LogP contribution in [0.5, 0.6) is 0 Å². The van der Waals surface area contributed by atoms with Crippen LogP contribution < -0.4 is 0 Å². The molecule has 1 N–H and O–H groups in total. The molecule has 1 unspecified atom stereocenters. The molecule has 0 aliphatic heterocycles. The molecule has 0 fully saturated rings. The van der Waals surface area contributed by atoms with Crippen LogP contribution in [0.4, 0.5) is 0 Å². The smallest absolute Gasteiger partial charge is 0.106 e. The van der Waals surface area contributed by atoms with Gasteiger partial charge in [0.25, 0.3) is 0 Å². The lowest BCUT2D eigenvalue weighted by molar-refractivity contribution is 0.220. The van der Waals surface area contributed by atoms with Crippen LogP contribution in [0.15, 0.2) is 36.4 Å². The van der Waals surface area contributed by atoms with Gasteiger partial charge < -0.3 is 5.11 Å². The molecule has 5 heteroatoms. The van der Waals surface area contributed by atoms with E-state index in [1.807, 2.05) is 0 Å². The Morgan fingerprint density at radius 1 is 0.778 bits per heavy atom. The molecule has 1 nitrogen and oxygen atoms in total. The predicted octanol–water partition coefficient (Wildman–Crippen LogP) is 5.38. The summed E-state index contributed by atoms with van der Waals surface area (Å²) in [6.07, 6.45) is -0.897. The Morgan fingerprint density at radius 2 is 1.44 bits per heavy atom. The van der Waals surface area contributed by atoms with Crippen molar-refractivity contribution in [1.82, 2.24) is 0 Å². The third-order valence-corrected chi connectivity index (χ3v) is 3.83. The van der Waals surface area contributed by atoms with E-state index in [1.54, 1.807) is 36.4 Å². The average molecular weight is 322 g/mol. The van der Waals surface area contributed by atoms with Gasteiger partial charge in [-0.05, 0) is 35.9 Å². The molecule has 0 aliphatic carbocycles. The molecule has 2 rings (SSSR count). The van der Waals surface area contributed by atoms with E-state index in [4.69, 9.17) is 46.4 Å². The molecule has 0 bridgehead atoms. The van der Waals surface area contributed by atoms with Crippen LogP contribution in [-0.4, -0.2) is 5.11 Å². The molecule has 0 saturated carbocycles. The molecule has 94 valence electrons. The van der Waals surface area contributed by atoms with Gasteiger partial charge in [-0.3, -0.25) is 0 Å².